The smallest absolute Gasteiger partial charge is 0.243 e. The lowest BCUT2D eigenvalue weighted by molar-refractivity contribution is -0.134. The second-order valence-electron chi connectivity index (χ2n) is 7.66. The summed E-state index contributed by atoms with van der Waals surface area (Å²) >= 11 is 0. The summed E-state index contributed by atoms with van der Waals surface area (Å²) in [5.74, 6) is -0.476. The summed E-state index contributed by atoms with van der Waals surface area (Å²) in [6, 6.07) is 11.6. The van der Waals surface area contributed by atoms with Crippen molar-refractivity contribution in [1.82, 2.24) is 14.1 Å². The van der Waals surface area contributed by atoms with Crippen LogP contribution in [0, 0.1) is 5.82 Å². The minimum Gasteiger partial charge on any atom is -0.497 e. The van der Waals surface area contributed by atoms with Gasteiger partial charge in [0.15, 0.2) is 0 Å². The van der Waals surface area contributed by atoms with E-state index in [4.69, 9.17) is 4.74 Å². The van der Waals surface area contributed by atoms with Crippen LogP contribution in [0.4, 0.5) is 10.1 Å². The summed E-state index contributed by atoms with van der Waals surface area (Å²) in [5, 5.41) is 2.72. The minimum absolute atomic E-state index is 0.0372. The number of sulfonamides is 1. The Kier molecular flexibility index (Phi) is 8.01. The summed E-state index contributed by atoms with van der Waals surface area (Å²) in [4.78, 5) is 28.0. The number of nitrogens with zero attached hydrogens (tertiary/aromatic N) is 3. The Morgan fingerprint density at radius 3 is 2.39 bits per heavy atom. The molecule has 2 aromatic carbocycles. The Bertz CT molecular complexity index is 1090. The molecule has 0 radical (unpaired) electrons. The number of hydrogen-bond acceptors (Lipinski definition) is 6. The largest absolute Gasteiger partial charge is 0.497 e. The summed E-state index contributed by atoms with van der Waals surface area (Å²) in [5.41, 5.74) is 0.568. The molecule has 1 heterocycles. The van der Waals surface area contributed by atoms with Crippen LogP contribution < -0.4 is 10.1 Å². The van der Waals surface area contributed by atoms with Crippen molar-refractivity contribution in [1.29, 1.82) is 0 Å². The number of ether oxygens (including phenoxy) is 1. The standard InChI is InChI=1S/C22H27FN4O5S/c1-25(15-21(28)24-18-4-3-5-19(14-18)32-2)22(29)16-26-10-12-27(13-11-26)33(30,31)20-8-6-17(23)7-9-20/h3-9,14H,10-13,15-16H2,1-2H3,(H,24,28). The van der Waals surface area contributed by atoms with E-state index in [1.165, 1.54) is 28.4 Å². The molecular formula is C22H27FN4O5S. The van der Waals surface area contributed by atoms with Crippen molar-refractivity contribution in [3.8, 4) is 5.75 Å². The molecule has 2 aromatic rings. The predicted molar refractivity (Wildman–Crippen MR) is 121 cm³/mol. The molecule has 9 nitrogen and oxygen atoms in total. The molecule has 1 saturated heterocycles. The van der Waals surface area contributed by atoms with Gasteiger partial charge in [0.2, 0.25) is 21.8 Å². The zero-order chi connectivity index (χ0) is 24.0. The van der Waals surface area contributed by atoms with E-state index < -0.39 is 15.8 Å². The number of nitrogens with one attached hydrogen (secondary N) is 1. The van der Waals surface area contributed by atoms with Crippen molar-refractivity contribution < 1.29 is 27.1 Å². The van der Waals surface area contributed by atoms with E-state index in [-0.39, 0.29) is 42.9 Å². The van der Waals surface area contributed by atoms with Crippen LogP contribution >= 0.6 is 0 Å². The molecule has 178 valence electrons. The molecule has 0 bridgehead atoms. The van der Waals surface area contributed by atoms with Gasteiger partial charge in [-0.05, 0) is 36.4 Å². The number of rotatable bonds is 8. The first kappa shape index (κ1) is 24.6. The lowest BCUT2D eigenvalue weighted by Crippen LogP contribution is -2.51. The number of hydrogen-bond donors (Lipinski definition) is 1. The van der Waals surface area contributed by atoms with Crippen LogP contribution in [0.25, 0.3) is 0 Å². The molecule has 33 heavy (non-hydrogen) atoms. The van der Waals surface area contributed by atoms with Crippen LogP contribution in [0.15, 0.2) is 53.4 Å². The molecule has 1 N–H and O–H groups in total. The number of carbonyl (C=O) groups excluding carboxylic acids is 2. The van der Waals surface area contributed by atoms with Gasteiger partial charge in [-0.3, -0.25) is 14.5 Å². The number of methoxy groups -OCH3 is 1. The second kappa shape index (κ2) is 10.7. The molecular weight excluding hydrogens is 451 g/mol. The van der Waals surface area contributed by atoms with Crippen LogP contribution in [0.3, 0.4) is 0 Å². The zero-order valence-corrected chi connectivity index (χ0v) is 19.3. The second-order valence-corrected chi connectivity index (χ2v) is 9.60. The lowest BCUT2D eigenvalue weighted by atomic mass is 10.3. The normalized spacial score (nSPS) is 15.1. The molecule has 1 aliphatic heterocycles. The average molecular weight is 479 g/mol. The van der Waals surface area contributed by atoms with Gasteiger partial charge in [0.05, 0.1) is 25.1 Å². The third kappa shape index (κ3) is 6.50. The number of benzene rings is 2. The molecule has 11 heteroatoms. The van der Waals surface area contributed by atoms with Gasteiger partial charge in [-0.1, -0.05) is 6.07 Å². The first-order valence-electron chi connectivity index (χ1n) is 10.3. The van der Waals surface area contributed by atoms with E-state index in [1.807, 2.05) is 4.90 Å². The maximum atomic E-state index is 13.1. The minimum atomic E-state index is -3.71. The van der Waals surface area contributed by atoms with E-state index in [0.29, 0.717) is 24.5 Å². The molecule has 0 aromatic heterocycles. The maximum Gasteiger partial charge on any atom is 0.243 e. The molecule has 3 rings (SSSR count). The molecule has 0 atom stereocenters. The number of likely N-dealkylation sites (N-methyl/N-ethyl adjacent to an activating group) is 1. The fourth-order valence-corrected chi connectivity index (χ4v) is 4.82. The summed E-state index contributed by atoms with van der Waals surface area (Å²) < 4.78 is 44.9. The molecule has 2 amide bonds. The molecule has 0 aliphatic carbocycles. The van der Waals surface area contributed by atoms with Crippen molar-refractivity contribution >= 4 is 27.5 Å². The maximum absolute atomic E-state index is 13.1. The molecule has 0 spiro atoms. The third-order valence-corrected chi connectivity index (χ3v) is 7.21. The van der Waals surface area contributed by atoms with Gasteiger partial charge in [-0.25, -0.2) is 12.8 Å². The number of anilines is 1. The third-order valence-electron chi connectivity index (χ3n) is 5.30. The number of piperazine rings is 1. The summed E-state index contributed by atoms with van der Waals surface area (Å²) in [7, 11) is -0.637. The highest BCUT2D eigenvalue weighted by molar-refractivity contribution is 7.89. The fraction of sp³-hybridized carbons (Fsp3) is 0.364. The van der Waals surface area contributed by atoms with Crippen LogP contribution in [-0.2, 0) is 19.6 Å². The Labute approximate surface area is 192 Å². The van der Waals surface area contributed by atoms with E-state index in [2.05, 4.69) is 5.32 Å². The highest BCUT2D eigenvalue weighted by Crippen LogP contribution is 2.18. The number of halogens is 1. The van der Waals surface area contributed by atoms with E-state index in [9.17, 15) is 22.4 Å². The highest BCUT2D eigenvalue weighted by atomic mass is 32.2. The van der Waals surface area contributed by atoms with Gasteiger partial charge in [0, 0.05) is 45.0 Å². The van der Waals surface area contributed by atoms with Gasteiger partial charge in [-0.2, -0.15) is 4.31 Å². The SMILES string of the molecule is COc1cccc(NC(=O)CN(C)C(=O)CN2CCN(S(=O)(=O)c3ccc(F)cc3)CC2)c1. The lowest BCUT2D eigenvalue weighted by Gasteiger charge is -2.34. The highest BCUT2D eigenvalue weighted by Gasteiger charge is 2.29. The van der Waals surface area contributed by atoms with Crippen LogP contribution in [0.5, 0.6) is 5.75 Å². The van der Waals surface area contributed by atoms with Crippen molar-refractivity contribution in [3.63, 3.8) is 0 Å². The van der Waals surface area contributed by atoms with Gasteiger partial charge < -0.3 is 15.0 Å². The van der Waals surface area contributed by atoms with E-state index in [1.54, 1.807) is 31.3 Å². The predicted octanol–water partition coefficient (Wildman–Crippen LogP) is 1.24. The average Bonchev–Trinajstić information content (AvgIpc) is 2.79. The van der Waals surface area contributed by atoms with E-state index >= 15 is 0 Å². The molecule has 0 saturated carbocycles. The van der Waals surface area contributed by atoms with Crippen molar-refractivity contribution in [2.24, 2.45) is 0 Å². The van der Waals surface area contributed by atoms with Crippen LogP contribution in [0.2, 0.25) is 0 Å². The van der Waals surface area contributed by atoms with Crippen molar-refractivity contribution in [2.75, 3.05) is 58.7 Å². The van der Waals surface area contributed by atoms with Crippen LogP contribution in [0.1, 0.15) is 0 Å². The molecule has 0 unspecified atom stereocenters. The Balaban J connectivity index is 1.47. The Morgan fingerprint density at radius 2 is 1.76 bits per heavy atom. The fourth-order valence-electron chi connectivity index (χ4n) is 3.40. The van der Waals surface area contributed by atoms with Gasteiger partial charge in [0.25, 0.3) is 0 Å². The van der Waals surface area contributed by atoms with Crippen molar-refractivity contribution in [3.05, 3.63) is 54.3 Å². The first-order valence-corrected chi connectivity index (χ1v) is 11.8. The Hall–Kier alpha value is -3.02. The van der Waals surface area contributed by atoms with Gasteiger partial charge in [0.1, 0.15) is 11.6 Å². The summed E-state index contributed by atoms with van der Waals surface area (Å²) in [6.07, 6.45) is 0. The molecule has 1 aliphatic rings. The first-order chi connectivity index (χ1) is 15.7. The van der Waals surface area contributed by atoms with Gasteiger partial charge >= 0.3 is 0 Å². The topological polar surface area (TPSA) is 99.3 Å². The zero-order valence-electron chi connectivity index (χ0n) is 18.5. The monoisotopic (exact) mass is 478 g/mol. The van der Waals surface area contributed by atoms with Crippen LogP contribution in [-0.4, -0.2) is 87.8 Å². The quantitative estimate of drug-likeness (QED) is 0.613. The number of amides is 2. The Morgan fingerprint density at radius 1 is 1.09 bits per heavy atom. The van der Waals surface area contributed by atoms with Gasteiger partial charge in [-0.15, -0.1) is 0 Å². The number of carbonyl (C=O) groups is 2. The summed E-state index contributed by atoms with van der Waals surface area (Å²) in [6.45, 7) is 1.13. The van der Waals surface area contributed by atoms with Crippen molar-refractivity contribution in [2.45, 2.75) is 4.90 Å². The van der Waals surface area contributed by atoms with E-state index in [0.717, 1.165) is 12.1 Å². The molecule has 1 fully saturated rings.